The Balaban J connectivity index is 2.15. The lowest BCUT2D eigenvalue weighted by atomic mass is 9.95. The molecule has 0 radical (unpaired) electrons. The topological polar surface area (TPSA) is 29.1 Å². The van der Waals surface area contributed by atoms with E-state index in [-0.39, 0.29) is 11.3 Å². The number of carbonyl (C=O) groups is 1. The first-order chi connectivity index (χ1) is 6.60. The maximum atomic E-state index is 11.5. The summed E-state index contributed by atoms with van der Waals surface area (Å²) in [5, 5.41) is 2.78. The fourth-order valence-corrected chi connectivity index (χ4v) is 2.02. The Morgan fingerprint density at radius 2 is 2.00 bits per heavy atom. The van der Waals surface area contributed by atoms with Gasteiger partial charge in [-0.25, -0.2) is 0 Å². The van der Waals surface area contributed by atoms with Crippen molar-refractivity contribution in [2.45, 2.75) is 52.4 Å². The first-order valence-corrected chi connectivity index (χ1v) is 5.83. The molecule has 14 heavy (non-hydrogen) atoms. The number of nitrogens with one attached hydrogen (secondary N) is 1. The Morgan fingerprint density at radius 3 is 2.43 bits per heavy atom. The summed E-state index contributed by atoms with van der Waals surface area (Å²) in [5.41, 5.74) is 0.0474. The average molecular weight is 197 g/mol. The van der Waals surface area contributed by atoms with E-state index in [1.54, 1.807) is 7.05 Å². The molecule has 1 amide bonds. The summed E-state index contributed by atoms with van der Waals surface area (Å²) in [7, 11) is 1.75. The molecule has 0 aromatic rings. The van der Waals surface area contributed by atoms with Gasteiger partial charge < -0.3 is 5.32 Å². The SMILES string of the molecule is CNC(=O)C1(CCCCC(C)C)CC1. The van der Waals surface area contributed by atoms with Crippen molar-refractivity contribution in [3.05, 3.63) is 0 Å². The van der Waals surface area contributed by atoms with Gasteiger partial charge in [0.2, 0.25) is 5.91 Å². The minimum atomic E-state index is 0.0474. The fraction of sp³-hybridized carbons (Fsp3) is 0.917. The van der Waals surface area contributed by atoms with Crippen molar-refractivity contribution in [1.29, 1.82) is 0 Å². The Labute approximate surface area is 87.5 Å². The van der Waals surface area contributed by atoms with Crippen LogP contribution in [0.25, 0.3) is 0 Å². The van der Waals surface area contributed by atoms with Crippen molar-refractivity contribution in [2.24, 2.45) is 11.3 Å². The molecule has 1 rings (SSSR count). The molecule has 0 heterocycles. The van der Waals surface area contributed by atoms with Crippen LogP contribution in [0, 0.1) is 11.3 Å². The predicted octanol–water partition coefficient (Wildman–Crippen LogP) is 2.73. The molecular formula is C12H23NO. The monoisotopic (exact) mass is 197 g/mol. The highest BCUT2D eigenvalue weighted by molar-refractivity contribution is 5.84. The maximum Gasteiger partial charge on any atom is 0.225 e. The molecule has 1 saturated carbocycles. The van der Waals surface area contributed by atoms with E-state index in [2.05, 4.69) is 19.2 Å². The van der Waals surface area contributed by atoms with E-state index < -0.39 is 0 Å². The van der Waals surface area contributed by atoms with Crippen LogP contribution in [-0.2, 0) is 4.79 Å². The van der Waals surface area contributed by atoms with Crippen LogP contribution >= 0.6 is 0 Å². The Bertz CT molecular complexity index is 194. The first-order valence-electron chi connectivity index (χ1n) is 5.83. The molecule has 1 aliphatic rings. The van der Waals surface area contributed by atoms with Gasteiger partial charge in [0.15, 0.2) is 0 Å². The quantitative estimate of drug-likeness (QED) is 0.652. The van der Waals surface area contributed by atoms with Crippen LogP contribution in [0.15, 0.2) is 0 Å². The second-order valence-electron chi connectivity index (χ2n) is 5.00. The van der Waals surface area contributed by atoms with Crippen molar-refractivity contribution >= 4 is 5.91 Å². The molecule has 1 aliphatic carbocycles. The molecule has 0 atom stereocenters. The second kappa shape index (κ2) is 4.81. The number of rotatable bonds is 6. The van der Waals surface area contributed by atoms with Crippen molar-refractivity contribution in [3.8, 4) is 0 Å². The summed E-state index contributed by atoms with van der Waals surface area (Å²) >= 11 is 0. The first kappa shape index (κ1) is 11.5. The largest absolute Gasteiger partial charge is 0.359 e. The molecule has 2 nitrogen and oxygen atoms in total. The molecule has 1 fully saturated rings. The molecule has 0 aliphatic heterocycles. The number of carbonyl (C=O) groups excluding carboxylic acids is 1. The highest BCUT2D eigenvalue weighted by atomic mass is 16.2. The summed E-state index contributed by atoms with van der Waals surface area (Å²) in [6, 6.07) is 0. The smallest absolute Gasteiger partial charge is 0.225 e. The van der Waals surface area contributed by atoms with Crippen LogP contribution in [-0.4, -0.2) is 13.0 Å². The summed E-state index contributed by atoms with van der Waals surface area (Å²) < 4.78 is 0. The molecule has 1 N–H and O–H groups in total. The van der Waals surface area contributed by atoms with Crippen molar-refractivity contribution < 1.29 is 4.79 Å². The lowest BCUT2D eigenvalue weighted by Crippen LogP contribution is -2.28. The van der Waals surface area contributed by atoms with E-state index in [1.165, 1.54) is 19.3 Å². The summed E-state index contributed by atoms with van der Waals surface area (Å²) in [6.45, 7) is 4.51. The number of hydrogen-bond acceptors (Lipinski definition) is 1. The second-order valence-corrected chi connectivity index (χ2v) is 5.00. The van der Waals surface area contributed by atoms with Crippen molar-refractivity contribution in [3.63, 3.8) is 0 Å². The molecule has 0 aromatic heterocycles. The van der Waals surface area contributed by atoms with Gasteiger partial charge in [-0.15, -0.1) is 0 Å². The van der Waals surface area contributed by atoms with Gasteiger partial charge in [0, 0.05) is 12.5 Å². The minimum Gasteiger partial charge on any atom is -0.359 e. The van der Waals surface area contributed by atoms with E-state index in [0.29, 0.717) is 0 Å². The van der Waals surface area contributed by atoms with Gasteiger partial charge in [-0.2, -0.15) is 0 Å². The average Bonchev–Trinajstić information content (AvgIpc) is 2.92. The zero-order chi connectivity index (χ0) is 10.6. The zero-order valence-corrected chi connectivity index (χ0v) is 9.73. The van der Waals surface area contributed by atoms with Gasteiger partial charge in [0.25, 0.3) is 0 Å². The lowest BCUT2D eigenvalue weighted by Gasteiger charge is -2.13. The van der Waals surface area contributed by atoms with Crippen molar-refractivity contribution in [2.75, 3.05) is 7.05 Å². The van der Waals surface area contributed by atoms with Gasteiger partial charge >= 0.3 is 0 Å². The molecule has 82 valence electrons. The van der Waals surface area contributed by atoms with Crippen LogP contribution < -0.4 is 5.32 Å². The van der Waals surface area contributed by atoms with Crippen LogP contribution in [0.3, 0.4) is 0 Å². The molecule has 0 aromatic carbocycles. The van der Waals surface area contributed by atoms with Gasteiger partial charge in [-0.05, 0) is 25.2 Å². The molecule has 0 spiro atoms. The third-order valence-electron chi connectivity index (χ3n) is 3.25. The Hall–Kier alpha value is -0.530. The normalized spacial score (nSPS) is 18.3. The number of amides is 1. The minimum absolute atomic E-state index is 0.0474. The van der Waals surface area contributed by atoms with E-state index in [9.17, 15) is 4.79 Å². The Morgan fingerprint density at radius 1 is 1.36 bits per heavy atom. The van der Waals surface area contributed by atoms with E-state index >= 15 is 0 Å². The van der Waals surface area contributed by atoms with E-state index in [1.807, 2.05) is 0 Å². The van der Waals surface area contributed by atoms with Gasteiger partial charge in [-0.1, -0.05) is 33.1 Å². The number of hydrogen-bond donors (Lipinski definition) is 1. The highest BCUT2D eigenvalue weighted by Crippen LogP contribution is 2.50. The van der Waals surface area contributed by atoms with Crippen LogP contribution in [0.4, 0.5) is 0 Å². The third kappa shape index (κ3) is 3.00. The van der Waals surface area contributed by atoms with Gasteiger partial charge in [0.05, 0.1) is 0 Å². The molecule has 0 saturated heterocycles. The van der Waals surface area contributed by atoms with E-state index in [0.717, 1.165) is 25.2 Å². The van der Waals surface area contributed by atoms with Crippen molar-refractivity contribution in [1.82, 2.24) is 5.32 Å². The molecule has 2 heteroatoms. The lowest BCUT2D eigenvalue weighted by molar-refractivity contribution is -0.126. The van der Waals surface area contributed by atoms with Crippen LogP contribution in [0.2, 0.25) is 0 Å². The van der Waals surface area contributed by atoms with Crippen LogP contribution in [0.1, 0.15) is 52.4 Å². The molecule has 0 unspecified atom stereocenters. The molecular weight excluding hydrogens is 174 g/mol. The standard InChI is InChI=1S/C12H23NO/c1-10(2)6-4-5-7-12(8-9-12)11(14)13-3/h10H,4-9H2,1-3H3,(H,13,14). The van der Waals surface area contributed by atoms with Gasteiger partial charge in [0.1, 0.15) is 0 Å². The van der Waals surface area contributed by atoms with Crippen LogP contribution in [0.5, 0.6) is 0 Å². The summed E-state index contributed by atoms with van der Waals surface area (Å²) in [6.07, 6.45) is 7.09. The third-order valence-corrected chi connectivity index (χ3v) is 3.25. The summed E-state index contributed by atoms with van der Waals surface area (Å²) in [4.78, 5) is 11.5. The molecule has 0 bridgehead atoms. The zero-order valence-electron chi connectivity index (χ0n) is 9.73. The fourth-order valence-electron chi connectivity index (χ4n) is 2.02. The summed E-state index contributed by atoms with van der Waals surface area (Å²) in [5.74, 6) is 1.06. The number of unbranched alkanes of at least 4 members (excludes halogenated alkanes) is 1. The van der Waals surface area contributed by atoms with Gasteiger partial charge in [-0.3, -0.25) is 4.79 Å². The maximum absolute atomic E-state index is 11.5. The van der Waals surface area contributed by atoms with E-state index in [4.69, 9.17) is 0 Å². The highest BCUT2D eigenvalue weighted by Gasteiger charge is 2.48. The Kier molecular flexibility index (Phi) is 3.97. The predicted molar refractivity (Wildman–Crippen MR) is 59.0 cm³/mol.